The van der Waals surface area contributed by atoms with E-state index in [1.54, 1.807) is 19.9 Å². The molecule has 1 aromatic heterocycles. The number of nitrogens with one attached hydrogen (secondary N) is 2. The minimum Gasteiger partial charge on any atom is -0.340 e. The second kappa shape index (κ2) is 7.79. The molecule has 2 aromatic carbocycles. The predicted molar refractivity (Wildman–Crippen MR) is 101 cm³/mol. The molecule has 3 aromatic rings. The number of amides is 2. The number of benzene rings is 2. The lowest BCUT2D eigenvalue weighted by molar-refractivity contribution is -0.118. The molecule has 0 aliphatic rings. The number of rotatable bonds is 5. The fraction of sp³-hybridized carbons (Fsp3) is 0.211. The second-order valence-corrected chi connectivity index (χ2v) is 7.33. The molecule has 8 heteroatoms. The van der Waals surface area contributed by atoms with Gasteiger partial charge in [0.15, 0.2) is 5.13 Å². The molecule has 140 valence electrons. The number of hydrogen-bond donors (Lipinski definition) is 2. The van der Waals surface area contributed by atoms with E-state index in [4.69, 9.17) is 0 Å². The highest BCUT2D eigenvalue weighted by atomic mass is 32.1. The Bertz CT molecular complexity index is 1000. The molecule has 0 spiro atoms. The van der Waals surface area contributed by atoms with Gasteiger partial charge >= 0.3 is 0 Å². The van der Waals surface area contributed by atoms with Gasteiger partial charge in [0.25, 0.3) is 5.91 Å². The average Bonchev–Trinajstić information content (AvgIpc) is 3.00. The molecule has 0 aliphatic heterocycles. The zero-order valence-corrected chi connectivity index (χ0v) is 15.4. The van der Waals surface area contributed by atoms with Crippen LogP contribution in [0, 0.1) is 17.6 Å². The number of carbonyl (C=O) groups excluding carboxylic acids is 2. The fourth-order valence-electron chi connectivity index (χ4n) is 2.53. The van der Waals surface area contributed by atoms with Crippen molar-refractivity contribution in [2.45, 2.75) is 19.9 Å². The maximum Gasteiger partial charge on any atom is 0.254 e. The molecule has 0 unspecified atom stereocenters. The van der Waals surface area contributed by atoms with Crippen LogP contribution in [-0.4, -0.2) is 22.8 Å². The van der Waals surface area contributed by atoms with Crippen LogP contribution in [0.15, 0.2) is 42.5 Å². The summed E-state index contributed by atoms with van der Waals surface area (Å²) in [4.78, 5) is 29.2. The van der Waals surface area contributed by atoms with Crippen LogP contribution in [0.25, 0.3) is 10.2 Å². The first-order valence-electron chi connectivity index (χ1n) is 8.27. The number of halogens is 2. The van der Waals surface area contributed by atoms with Crippen molar-refractivity contribution in [3.8, 4) is 0 Å². The van der Waals surface area contributed by atoms with E-state index in [9.17, 15) is 18.4 Å². The number of carbonyl (C=O) groups is 2. The molecule has 5 nitrogen and oxygen atoms in total. The standard InChI is InChI=1S/C19H17F2N3O2S/c1-10(2)16(23-17(25)12-5-3-4-6-13(12)21)18(26)24-19-22-14-8-7-11(20)9-15(14)27-19/h3-10,16H,1-2H3,(H,23,25)(H,22,24,26)/t16-/m0/s1. The summed E-state index contributed by atoms with van der Waals surface area (Å²) in [5.41, 5.74) is 0.430. The zero-order valence-electron chi connectivity index (χ0n) is 14.6. The summed E-state index contributed by atoms with van der Waals surface area (Å²) < 4.78 is 27.7. The van der Waals surface area contributed by atoms with Gasteiger partial charge in [-0.2, -0.15) is 0 Å². The SMILES string of the molecule is CC(C)[C@H](NC(=O)c1ccccc1F)C(=O)Nc1nc2ccc(F)cc2s1. The van der Waals surface area contributed by atoms with Crippen molar-refractivity contribution in [2.24, 2.45) is 5.92 Å². The van der Waals surface area contributed by atoms with Gasteiger partial charge in [-0.25, -0.2) is 13.8 Å². The first-order valence-corrected chi connectivity index (χ1v) is 9.09. The van der Waals surface area contributed by atoms with Crippen molar-refractivity contribution < 1.29 is 18.4 Å². The highest BCUT2D eigenvalue weighted by Gasteiger charge is 2.26. The van der Waals surface area contributed by atoms with Crippen LogP contribution in [0.1, 0.15) is 24.2 Å². The van der Waals surface area contributed by atoms with Gasteiger partial charge in [0.1, 0.15) is 17.7 Å². The van der Waals surface area contributed by atoms with Crippen molar-refractivity contribution in [2.75, 3.05) is 5.32 Å². The first kappa shape index (κ1) is 18.9. The molecule has 27 heavy (non-hydrogen) atoms. The smallest absolute Gasteiger partial charge is 0.254 e. The van der Waals surface area contributed by atoms with Gasteiger partial charge < -0.3 is 10.6 Å². The summed E-state index contributed by atoms with van der Waals surface area (Å²) in [5, 5.41) is 5.50. The predicted octanol–water partition coefficient (Wildman–Crippen LogP) is 3.97. The van der Waals surface area contributed by atoms with Gasteiger partial charge in [-0.1, -0.05) is 37.3 Å². The number of thiazole rings is 1. The highest BCUT2D eigenvalue weighted by Crippen LogP contribution is 2.26. The van der Waals surface area contributed by atoms with Gasteiger partial charge in [-0.05, 0) is 36.2 Å². The molecule has 1 heterocycles. The van der Waals surface area contributed by atoms with Crippen LogP contribution < -0.4 is 10.6 Å². The van der Waals surface area contributed by atoms with E-state index in [-0.39, 0.29) is 17.3 Å². The molecule has 2 amide bonds. The Morgan fingerprint density at radius 2 is 1.85 bits per heavy atom. The van der Waals surface area contributed by atoms with Crippen LogP contribution in [0.3, 0.4) is 0 Å². The van der Waals surface area contributed by atoms with Crippen molar-refractivity contribution in [1.29, 1.82) is 0 Å². The second-order valence-electron chi connectivity index (χ2n) is 6.30. The molecular weight excluding hydrogens is 372 g/mol. The van der Waals surface area contributed by atoms with Gasteiger partial charge in [-0.3, -0.25) is 9.59 Å². The quantitative estimate of drug-likeness (QED) is 0.694. The van der Waals surface area contributed by atoms with E-state index in [1.165, 1.54) is 36.4 Å². The highest BCUT2D eigenvalue weighted by molar-refractivity contribution is 7.22. The minimum atomic E-state index is -0.888. The summed E-state index contributed by atoms with van der Waals surface area (Å²) in [5.74, 6) is -2.44. The normalized spacial score (nSPS) is 12.2. The summed E-state index contributed by atoms with van der Waals surface area (Å²) in [6.45, 7) is 3.53. The third-order valence-electron chi connectivity index (χ3n) is 3.93. The molecule has 0 bridgehead atoms. The first-order chi connectivity index (χ1) is 12.8. The van der Waals surface area contributed by atoms with Gasteiger partial charge in [0.2, 0.25) is 5.91 Å². The summed E-state index contributed by atoms with van der Waals surface area (Å²) in [7, 11) is 0. The van der Waals surface area contributed by atoms with Crippen LogP contribution in [0.5, 0.6) is 0 Å². The van der Waals surface area contributed by atoms with Crippen LogP contribution in [0.4, 0.5) is 13.9 Å². The lowest BCUT2D eigenvalue weighted by Crippen LogP contribution is -2.47. The number of aromatic nitrogens is 1. The summed E-state index contributed by atoms with van der Waals surface area (Å²) in [6, 6.07) is 8.82. The Labute approximate surface area is 158 Å². The van der Waals surface area contributed by atoms with E-state index in [0.717, 1.165) is 11.3 Å². The molecule has 1 atom stereocenters. The Morgan fingerprint density at radius 1 is 1.11 bits per heavy atom. The molecule has 0 radical (unpaired) electrons. The third-order valence-corrected chi connectivity index (χ3v) is 4.87. The van der Waals surface area contributed by atoms with Crippen LogP contribution in [0.2, 0.25) is 0 Å². The monoisotopic (exact) mass is 389 g/mol. The van der Waals surface area contributed by atoms with Crippen molar-refractivity contribution in [3.05, 3.63) is 59.7 Å². The lowest BCUT2D eigenvalue weighted by Gasteiger charge is -2.21. The van der Waals surface area contributed by atoms with E-state index in [0.29, 0.717) is 15.3 Å². The number of nitrogens with zero attached hydrogens (tertiary/aromatic N) is 1. The largest absolute Gasteiger partial charge is 0.340 e. The molecule has 0 saturated carbocycles. The average molecular weight is 389 g/mol. The van der Waals surface area contributed by atoms with E-state index >= 15 is 0 Å². The van der Waals surface area contributed by atoms with E-state index in [2.05, 4.69) is 15.6 Å². The lowest BCUT2D eigenvalue weighted by atomic mass is 10.0. The van der Waals surface area contributed by atoms with E-state index in [1.807, 2.05) is 0 Å². The summed E-state index contributed by atoms with van der Waals surface area (Å²) >= 11 is 1.13. The summed E-state index contributed by atoms with van der Waals surface area (Å²) in [6.07, 6.45) is 0. The minimum absolute atomic E-state index is 0.133. The molecular formula is C19H17F2N3O2S. The Morgan fingerprint density at radius 3 is 2.56 bits per heavy atom. The van der Waals surface area contributed by atoms with Gasteiger partial charge in [0, 0.05) is 0 Å². The van der Waals surface area contributed by atoms with Crippen LogP contribution in [-0.2, 0) is 4.79 Å². The molecule has 0 saturated heterocycles. The van der Waals surface area contributed by atoms with Crippen molar-refractivity contribution in [1.82, 2.24) is 10.3 Å². The van der Waals surface area contributed by atoms with Crippen molar-refractivity contribution >= 4 is 38.5 Å². The Hall–Kier alpha value is -2.87. The fourth-order valence-corrected chi connectivity index (χ4v) is 3.43. The van der Waals surface area contributed by atoms with Gasteiger partial charge in [0.05, 0.1) is 15.8 Å². The van der Waals surface area contributed by atoms with Crippen LogP contribution >= 0.6 is 11.3 Å². The third kappa shape index (κ3) is 4.28. The molecule has 0 fully saturated rings. The number of fused-ring (bicyclic) bond motifs is 1. The Kier molecular flexibility index (Phi) is 5.46. The van der Waals surface area contributed by atoms with Crippen molar-refractivity contribution in [3.63, 3.8) is 0 Å². The Balaban J connectivity index is 1.76. The van der Waals surface area contributed by atoms with E-state index < -0.39 is 23.7 Å². The zero-order chi connectivity index (χ0) is 19.6. The number of anilines is 1. The maximum atomic E-state index is 13.8. The maximum absolute atomic E-state index is 13.8. The molecule has 2 N–H and O–H groups in total. The topological polar surface area (TPSA) is 71.1 Å². The molecule has 0 aliphatic carbocycles. The van der Waals surface area contributed by atoms with Gasteiger partial charge in [-0.15, -0.1) is 0 Å². The molecule has 3 rings (SSSR count). The number of hydrogen-bond acceptors (Lipinski definition) is 4.